The lowest BCUT2D eigenvalue weighted by molar-refractivity contribution is 0.0695. The maximum atomic E-state index is 10.8. The maximum absolute atomic E-state index is 10.8. The van der Waals surface area contributed by atoms with Crippen molar-refractivity contribution in [2.45, 2.75) is 32.7 Å². The minimum atomic E-state index is -0.984. The molecule has 86 valence electrons. The van der Waals surface area contributed by atoms with Crippen LogP contribution in [0.4, 0.5) is 5.95 Å². The number of aromatic nitrogens is 2. The summed E-state index contributed by atoms with van der Waals surface area (Å²) in [7, 11) is 0. The zero-order valence-corrected chi connectivity index (χ0v) is 9.40. The lowest BCUT2D eigenvalue weighted by Gasteiger charge is -2.05. The molecule has 2 rings (SSSR count). The van der Waals surface area contributed by atoms with E-state index in [0.717, 1.165) is 12.8 Å². The molecular weight excluding hydrogens is 206 g/mol. The molecule has 2 unspecified atom stereocenters. The second-order valence-electron chi connectivity index (χ2n) is 4.15. The molecule has 0 saturated heterocycles. The molecule has 0 spiro atoms. The van der Waals surface area contributed by atoms with Gasteiger partial charge in [0.2, 0.25) is 5.95 Å². The number of hydrogen-bond acceptors (Lipinski definition) is 4. The average molecular weight is 221 g/mol. The minimum absolute atomic E-state index is 0.161. The number of rotatable bonds is 4. The third-order valence-corrected chi connectivity index (χ3v) is 2.97. The lowest BCUT2D eigenvalue weighted by atomic mass is 10.2. The maximum Gasteiger partial charge on any atom is 0.339 e. The highest BCUT2D eigenvalue weighted by atomic mass is 16.4. The normalized spacial score (nSPS) is 22.9. The molecule has 5 nitrogen and oxygen atoms in total. The molecule has 0 amide bonds. The van der Waals surface area contributed by atoms with Crippen LogP contribution in [0.2, 0.25) is 0 Å². The van der Waals surface area contributed by atoms with E-state index in [1.54, 1.807) is 6.92 Å². The van der Waals surface area contributed by atoms with E-state index in [1.165, 1.54) is 6.20 Å². The molecule has 2 N–H and O–H groups in total. The highest BCUT2D eigenvalue weighted by Gasteiger charge is 2.35. The largest absolute Gasteiger partial charge is 0.478 e. The van der Waals surface area contributed by atoms with Gasteiger partial charge in [0.25, 0.3) is 0 Å². The fourth-order valence-electron chi connectivity index (χ4n) is 1.79. The van der Waals surface area contributed by atoms with Crippen molar-refractivity contribution in [3.63, 3.8) is 0 Å². The predicted molar refractivity (Wildman–Crippen MR) is 59.5 cm³/mol. The fraction of sp³-hybridized carbons (Fsp3) is 0.545. The first-order valence-electron chi connectivity index (χ1n) is 5.45. The Labute approximate surface area is 93.9 Å². The summed E-state index contributed by atoms with van der Waals surface area (Å²) in [6.07, 6.45) is 3.67. The molecule has 1 saturated carbocycles. The van der Waals surface area contributed by atoms with Crippen LogP contribution < -0.4 is 5.32 Å². The first-order valence-corrected chi connectivity index (χ1v) is 5.45. The standard InChI is InChI=1S/C11H15N3O2/c1-3-7-4-9(7)14-11-12-5-8(10(15)16)6(2)13-11/h5,7,9H,3-4H2,1-2H3,(H,15,16)(H,12,13,14). The average Bonchev–Trinajstić information content (AvgIpc) is 2.96. The van der Waals surface area contributed by atoms with Crippen molar-refractivity contribution in [1.29, 1.82) is 0 Å². The van der Waals surface area contributed by atoms with Crippen molar-refractivity contribution in [3.05, 3.63) is 17.5 Å². The summed E-state index contributed by atoms with van der Waals surface area (Å²) in [5.74, 6) is 0.258. The Hall–Kier alpha value is -1.65. The van der Waals surface area contributed by atoms with Crippen molar-refractivity contribution in [2.24, 2.45) is 5.92 Å². The van der Waals surface area contributed by atoms with Crippen molar-refractivity contribution >= 4 is 11.9 Å². The van der Waals surface area contributed by atoms with Crippen molar-refractivity contribution in [1.82, 2.24) is 9.97 Å². The zero-order chi connectivity index (χ0) is 11.7. The molecule has 1 aromatic heterocycles. The number of carboxylic acids is 1. The van der Waals surface area contributed by atoms with Crippen molar-refractivity contribution in [3.8, 4) is 0 Å². The van der Waals surface area contributed by atoms with Gasteiger partial charge in [-0.15, -0.1) is 0 Å². The summed E-state index contributed by atoms with van der Waals surface area (Å²) in [6.45, 7) is 3.84. The van der Waals surface area contributed by atoms with Crippen LogP contribution in [-0.4, -0.2) is 27.1 Å². The number of aromatic carboxylic acids is 1. The Balaban J connectivity index is 2.07. The molecule has 0 bridgehead atoms. The molecule has 16 heavy (non-hydrogen) atoms. The van der Waals surface area contributed by atoms with Gasteiger partial charge < -0.3 is 10.4 Å². The number of hydrogen-bond donors (Lipinski definition) is 2. The van der Waals surface area contributed by atoms with E-state index >= 15 is 0 Å². The highest BCUT2D eigenvalue weighted by molar-refractivity contribution is 5.88. The van der Waals surface area contributed by atoms with Gasteiger partial charge in [0.05, 0.1) is 11.3 Å². The molecule has 0 aliphatic heterocycles. The smallest absolute Gasteiger partial charge is 0.339 e. The minimum Gasteiger partial charge on any atom is -0.478 e. The van der Waals surface area contributed by atoms with Crippen LogP contribution in [0.5, 0.6) is 0 Å². The molecule has 1 aliphatic rings. The molecule has 0 radical (unpaired) electrons. The Bertz CT molecular complexity index is 420. The summed E-state index contributed by atoms with van der Waals surface area (Å²) in [5.41, 5.74) is 0.659. The second-order valence-corrected chi connectivity index (χ2v) is 4.15. The fourth-order valence-corrected chi connectivity index (χ4v) is 1.79. The van der Waals surface area contributed by atoms with E-state index in [2.05, 4.69) is 22.2 Å². The van der Waals surface area contributed by atoms with E-state index in [1.807, 2.05) is 0 Å². The summed E-state index contributed by atoms with van der Waals surface area (Å²) in [6, 6.07) is 0.458. The molecule has 1 aromatic rings. The van der Waals surface area contributed by atoms with Crippen molar-refractivity contribution in [2.75, 3.05) is 5.32 Å². The molecule has 1 aliphatic carbocycles. The molecular formula is C11H15N3O2. The third kappa shape index (κ3) is 2.13. The monoisotopic (exact) mass is 221 g/mol. The van der Waals surface area contributed by atoms with Gasteiger partial charge in [-0.3, -0.25) is 0 Å². The van der Waals surface area contributed by atoms with Gasteiger partial charge in [0.1, 0.15) is 0 Å². The number of carboxylic acid groups (broad SMARTS) is 1. The van der Waals surface area contributed by atoms with E-state index in [-0.39, 0.29) is 5.56 Å². The number of nitrogens with one attached hydrogen (secondary N) is 1. The number of carbonyl (C=O) groups is 1. The van der Waals surface area contributed by atoms with E-state index < -0.39 is 5.97 Å². The van der Waals surface area contributed by atoms with Gasteiger partial charge in [0, 0.05) is 12.2 Å². The summed E-state index contributed by atoms with van der Waals surface area (Å²) in [4.78, 5) is 18.9. The van der Waals surface area contributed by atoms with Crippen LogP contribution in [0.25, 0.3) is 0 Å². The summed E-state index contributed by atoms with van der Waals surface area (Å²) in [5, 5.41) is 12.0. The van der Waals surface area contributed by atoms with Crippen LogP contribution in [0.15, 0.2) is 6.20 Å². The highest BCUT2D eigenvalue weighted by Crippen LogP contribution is 2.35. The van der Waals surface area contributed by atoms with Crippen LogP contribution in [0.3, 0.4) is 0 Å². The quantitative estimate of drug-likeness (QED) is 0.809. The van der Waals surface area contributed by atoms with Gasteiger partial charge in [-0.05, 0) is 19.3 Å². The third-order valence-electron chi connectivity index (χ3n) is 2.97. The van der Waals surface area contributed by atoms with Crippen LogP contribution in [0, 0.1) is 12.8 Å². The molecule has 1 heterocycles. The van der Waals surface area contributed by atoms with Crippen molar-refractivity contribution < 1.29 is 9.90 Å². The first kappa shape index (κ1) is 10.9. The Morgan fingerprint density at radius 2 is 2.44 bits per heavy atom. The van der Waals surface area contributed by atoms with Gasteiger partial charge in [-0.2, -0.15) is 0 Å². The van der Waals surface area contributed by atoms with E-state index in [0.29, 0.717) is 23.6 Å². The van der Waals surface area contributed by atoms with E-state index in [4.69, 9.17) is 5.11 Å². The number of anilines is 1. The molecule has 1 fully saturated rings. The van der Waals surface area contributed by atoms with Gasteiger partial charge in [0.15, 0.2) is 0 Å². The SMILES string of the molecule is CCC1CC1Nc1ncc(C(=O)O)c(C)n1. The molecule has 0 aromatic carbocycles. The number of aryl methyl sites for hydroxylation is 1. The Morgan fingerprint density at radius 3 is 2.94 bits per heavy atom. The first-order chi connectivity index (χ1) is 7.61. The van der Waals surface area contributed by atoms with Crippen LogP contribution in [0.1, 0.15) is 35.8 Å². The topological polar surface area (TPSA) is 75.1 Å². The van der Waals surface area contributed by atoms with Crippen LogP contribution in [-0.2, 0) is 0 Å². The summed E-state index contributed by atoms with van der Waals surface area (Å²) < 4.78 is 0. The Morgan fingerprint density at radius 1 is 1.69 bits per heavy atom. The summed E-state index contributed by atoms with van der Waals surface area (Å²) >= 11 is 0. The lowest BCUT2D eigenvalue weighted by Crippen LogP contribution is -2.11. The van der Waals surface area contributed by atoms with Crippen LogP contribution >= 0.6 is 0 Å². The number of nitrogens with zero attached hydrogens (tertiary/aromatic N) is 2. The second kappa shape index (κ2) is 4.08. The van der Waals surface area contributed by atoms with Gasteiger partial charge in [-0.25, -0.2) is 14.8 Å². The van der Waals surface area contributed by atoms with Gasteiger partial charge in [-0.1, -0.05) is 13.3 Å². The predicted octanol–water partition coefficient (Wildman–Crippen LogP) is 1.69. The zero-order valence-electron chi connectivity index (χ0n) is 9.40. The molecule has 5 heteroatoms. The van der Waals surface area contributed by atoms with E-state index in [9.17, 15) is 4.79 Å². The Kier molecular flexibility index (Phi) is 2.77. The molecule has 2 atom stereocenters. The van der Waals surface area contributed by atoms with Gasteiger partial charge >= 0.3 is 5.97 Å².